The minimum absolute atomic E-state index is 0.186. The van der Waals surface area contributed by atoms with E-state index < -0.39 is 11.9 Å². The number of halogens is 3. The Kier molecular flexibility index (Phi) is 4.02. The van der Waals surface area contributed by atoms with E-state index in [9.17, 15) is 18.0 Å². The van der Waals surface area contributed by atoms with Crippen LogP contribution in [0.2, 0.25) is 0 Å². The summed E-state index contributed by atoms with van der Waals surface area (Å²) in [6.07, 6.45) is -4.83. The van der Waals surface area contributed by atoms with E-state index in [1.807, 2.05) is 48.5 Å². The molecule has 5 aromatic rings. The fourth-order valence-corrected chi connectivity index (χ4v) is 3.67. The molecule has 0 saturated heterocycles. The summed E-state index contributed by atoms with van der Waals surface area (Å²) in [7, 11) is 0. The lowest BCUT2D eigenvalue weighted by molar-refractivity contribution is -0.274. The van der Waals surface area contributed by atoms with Gasteiger partial charge in [0, 0.05) is 6.07 Å². The van der Waals surface area contributed by atoms with Crippen LogP contribution in [-0.2, 0) is 6.54 Å². The number of imidazole rings is 1. The molecule has 2 heterocycles. The van der Waals surface area contributed by atoms with Crippen molar-refractivity contribution in [3.05, 3.63) is 88.7 Å². The van der Waals surface area contributed by atoms with Gasteiger partial charge < -0.3 is 4.74 Å². The summed E-state index contributed by atoms with van der Waals surface area (Å²) >= 11 is 0. The minimum Gasteiger partial charge on any atom is -0.406 e. The predicted octanol–water partition coefficient (Wildman–Crippen LogP) is 4.75. The van der Waals surface area contributed by atoms with Gasteiger partial charge >= 0.3 is 6.36 Å². The van der Waals surface area contributed by atoms with E-state index in [1.165, 1.54) is 22.8 Å². The number of hydrogen-bond acceptors (Lipinski definition) is 3. The van der Waals surface area contributed by atoms with Crippen LogP contribution in [0.3, 0.4) is 0 Å². The highest BCUT2D eigenvalue weighted by Gasteiger charge is 2.31. The van der Waals surface area contributed by atoms with Crippen LogP contribution in [0.5, 0.6) is 5.75 Å². The largest absolute Gasteiger partial charge is 0.573 e. The van der Waals surface area contributed by atoms with Crippen molar-refractivity contribution in [2.75, 3.05) is 0 Å². The number of aromatic nitrogens is 3. The zero-order valence-corrected chi connectivity index (χ0v) is 15.4. The van der Waals surface area contributed by atoms with Crippen molar-refractivity contribution in [2.24, 2.45) is 0 Å². The van der Waals surface area contributed by atoms with Crippen LogP contribution in [0, 0.1) is 0 Å². The number of nitrogens with zero attached hydrogens (tertiary/aromatic N) is 3. The zero-order valence-electron chi connectivity index (χ0n) is 15.4. The summed E-state index contributed by atoms with van der Waals surface area (Å²) in [5, 5.41) is 0. The van der Waals surface area contributed by atoms with Crippen molar-refractivity contribution in [3.63, 3.8) is 0 Å². The van der Waals surface area contributed by atoms with Crippen molar-refractivity contribution in [3.8, 4) is 5.75 Å². The molecule has 5 nitrogen and oxygen atoms in total. The van der Waals surface area contributed by atoms with Gasteiger partial charge in [-0.05, 0) is 29.8 Å². The molecule has 0 atom stereocenters. The average molecular weight is 409 g/mol. The molecule has 0 N–H and O–H groups in total. The van der Waals surface area contributed by atoms with Gasteiger partial charge in [-0.15, -0.1) is 13.2 Å². The number of ether oxygens (including phenoxy) is 1. The number of rotatable bonds is 3. The van der Waals surface area contributed by atoms with Gasteiger partial charge in [-0.25, -0.2) is 4.98 Å². The summed E-state index contributed by atoms with van der Waals surface area (Å²) in [5.41, 5.74) is 2.86. The number of benzene rings is 3. The van der Waals surface area contributed by atoms with Gasteiger partial charge in [0.15, 0.2) is 0 Å². The molecule has 0 aliphatic carbocycles. The van der Waals surface area contributed by atoms with E-state index in [0.29, 0.717) is 22.1 Å². The monoisotopic (exact) mass is 409 g/mol. The van der Waals surface area contributed by atoms with Gasteiger partial charge in [0.1, 0.15) is 5.75 Å². The van der Waals surface area contributed by atoms with Crippen molar-refractivity contribution >= 4 is 27.7 Å². The number of hydrogen-bond donors (Lipinski definition) is 0. The lowest BCUT2D eigenvalue weighted by atomic mass is 10.2. The Morgan fingerprint density at radius 1 is 0.867 bits per heavy atom. The van der Waals surface area contributed by atoms with Gasteiger partial charge in [0.05, 0.1) is 28.6 Å². The van der Waals surface area contributed by atoms with Crippen molar-refractivity contribution in [1.29, 1.82) is 0 Å². The topological polar surface area (TPSA) is 48.5 Å². The molecule has 0 unspecified atom stereocenters. The van der Waals surface area contributed by atoms with Crippen LogP contribution in [0.4, 0.5) is 13.2 Å². The van der Waals surface area contributed by atoms with E-state index in [4.69, 9.17) is 0 Å². The summed E-state index contributed by atoms with van der Waals surface area (Å²) in [6, 6.07) is 20.4. The van der Waals surface area contributed by atoms with Gasteiger partial charge in [0.2, 0.25) is 5.65 Å². The van der Waals surface area contributed by atoms with E-state index in [-0.39, 0.29) is 17.9 Å². The highest BCUT2D eigenvalue weighted by molar-refractivity contribution is 5.89. The molecule has 0 aliphatic heterocycles. The fraction of sp³-hybridized carbons (Fsp3) is 0.0909. The van der Waals surface area contributed by atoms with Crippen LogP contribution in [0.1, 0.15) is 5.56 Å². The smallest absolute Gasteiger partial charge is 0.406 e. The van der Waals surface area contributed by atoms with Gasteiger partial charge in [-0.1, -0.05) is 42.5 Å². The Bertz CT molecular complexity index is 1450. The highest BCUT2D eigenvalue weighted by Crippen LogP contribution is 2.28. The maximum absolute atomic E-state index is 13.3. The van der Waals surface area contributed by atoms with Gasteiger partial charge in [0.25, 0.3) is 5.56 Å². The maximum Gasteiger partial charge on any atom is 0.573 e. The molecule has 0 saturated carbocycles. The number of para-hydroxylation sites is 2. The molecule has 0 radical (unpaired) electrons. The zero-order chi connectivity index (χ0) is 20.9. The van der Waals surface area contributed by atoms with Crippen LogP contribution in [-0.4, -0.2) is 20.3 Å². The summed E-state index contributed by atoms with van der Waals surface area (Å²) < 4.78 is 45.5. The van der Waals surface area contributed by atoms with Crippen LogP contribution < -0.4 is 10.3 Å². The SMILES string of the molecule is O=c1c2nc3ccccc3n2c2ccc(OC(F)(F)F)cc2n1Cc1ccccc1. The third-order valence-electron chi connectivity index (χ3n) is 4.89. The molecule has 3 aromatic carbocycles. The molecule has 0 aliphatic rings. The molecule has 8 heteroatoms. The third-order valence-corrected chi connectivity index (χ3v) is 4.89. The first-order valence-corrected chi connectivity index (χ1v) is 9.14. The second-order valence-electron chi connectivity index (χ2n) is 6.83. The molecule has 0 amide bonds. The quantitative estimate of drug-likeness (QED) is 0.432. The van der Waals surface area contributed by atoms with Crippen LogP contribution in [0.25, 0.3) is 27.7 Å². The molecule has 0 fully saturated rings. The second kappa shape index (κ2) is 6.62. The summed E-state index contributed by atoms with van der Waals surface area (Å²) in [6.45, 7) is 0.186. The average Bonchev–Trinajstić information content (AvgIpc) is 3.11. The van der Waals surface area contributed by atoms with Crippen LogP contribution in [0.15, 0.2) is 77.6 Å². The van der Waals surface area contributed by atoms with E-state index in [0.717, 1.165) is 5.56 Å². The van der Waals surface area contributed by atoms with E-state index in [1.54, 1.807) is 10.5 Å². The first-order chi connectivity index (χ1) is 14.4. The van der Waals surface area contributed by atoms with E-state index in [2.05, 4.69) is 9.72 Å². The fourth-order valence-electron chi connectivity index (χ4n) is 3.67. The standard InChI is InChI=1S/C22H14F3N3O2/c23-22(24,25)30-15-10-11-18-19(12-15)27(13-14-6-2-1-3-7-14)21(29)20-26-16-8-4-5-9-17(16)28(18)20/h1-12H,13H2. The van der Waals surface area contributed by atoms with E-state index >= 15 is 0 Å². The summed E-state index contributed by atoms with van der Waals surface area (Å²) in [4.78, 5) is 17.8. The van der Waals surface area contributed by atoms with Gasteiger partial charge in [-0.3, -0.25) is 13.8 Å². The molecular weight excluding hydrogens is 395 g/mol. The molecule has 0 spiro atoms. The normalized spacial score (nSPS) is 12.1. The molecule has 5 rings (SSSR count). The molecule has 0 bridgehead atoms. The first-order valence-electron chi connectivity index (χ1n) is 9.14. The Hall–Kier alpha value is -3.81. The van der Waals surface area contributed by atoms with Crippen molar-refractivity contribution in [1.82, 2.24) is 14.0 Å². The molecule has 30 heavy (non-hydrogen) atoms. The molecular formula is C22H14F3N3O2. The van der Waals surface area contributed by atoms with Crippen LogP contribution >= 0.6 is 0 Å². The Balaban J connectivity index is 1.86. The van der Waals surface area contributed by atoms with Gasteiger partial charge in [-0.2, -0.15) is 0 Å². The Labute approximate surface area is 167 Å². The second-order valence-corrected chi connectivity index (χ2v) is 6.83. The lowest BCUT2D eigenvalue weighted by Crippen LogP contribution is -2.24. The molecule has 150 valence electrons. The number of fused-ring (bicyclic) bond motifs is 5. The van der Waals surface area contributed by atoms with Crippen molar-refractivity contribution in [2.45, 2.75) is 12.9 Å². The molecule has 2 aromatic heterocycles. The number of alkyl halides is 3. The predicted molar refractivity (Wildman–Crippen MR) is 107 cm³/mol. The summed E-state index contributed by atoms with van der Waals surface area (Å²) in [5.74, 6) is -0.389. The highest BCUT2D eigenvalue weighted by atomic mass is 19.4. The first kappa shape index (κ1) is 18.2. The third kappa shape index (κ3) is 3.06. The maximum atomic E-state index is 13.3. The lowest BCUT2D eigenvalue weighted by Gasteiger charge is -2.15. The Morgan fingerprint density at radius 2 is 1.60 bits per heavy atom. The Morgan fingerprint density at radius 3 is 2.37 bits per heavy atom. The minimum atomic E-state index is -4.83. The van der Waals surface area contributed by atoms with Crippen molar-refractivity contribution < 1.29 is 17.9 Å².